The van der Waals surface area contributed by atoms with Crippen molar-refractivity contribution in [1.29, 1.82) is 0 Å². The molecule has 1 heterocycles. The zero-order valence-corrected chi connectivity index (χ0v) is 11.8. The largest absolute Gasteiger partial charge is 0.465 e. The van der Waals surface area contributed by atoms with Crippen molar-refractivity contribution in [2.24, 2.45) is 0 Å². The number of methoxy groups -OCH3 is 2. The maximum atomic E-state index is 11.9. The van der Waals surface area contributed by atoms with Crippen LogP contribution in [0, 0.1) is 6.92 Å². The Morgan fingerprint density at radius 2 is 1.90 bits per heavy atom. The molecule has 104 valence electrons. The van der Waals surface area contributed by atoms with Gasteiger partial charge in [0, 0.05) is 12.7 Å². The van der Waals surface area contributed by atoms with E-state index in [9.17, 15) is 4.79 Å². The number of esters is 1. The number of carbonyl (C=O) groups excluding carboxylic acids is 1. The van der Waals surface area contributed by atoms with Crippen molar-refractivity contribution in [2.75, 3.05) is 14.2 Å². The number of carbonyl (C=O) groups is 1. The first-order chi connectivity index (χ1) is 9.67. The van der Waals surface area contributed by atoms with E-state index in [2.05, 4.69) is 4.98 Å². The van der Waals surface area contributed by atoms with Crippen LogP contribution >= 0.6 is 0 Å². The molecule has 2 rings (SSSR count). The van der Waals surface area contributed by atoms with Crippen molar-refractivity contribution in [2.45, 2.75) is 13.5 Å². The van der Waals surface area contributed by atoms with Gasteiger partial charge in [-0.25, -0.2) is 4.79 Å². The van der Waals surface area contributed by atoms with Gasteiger partial charge in [-0.05, 0) is 18.6 Å². The standard InChI is InChI=1S/C16H17NO3/c1-11-15(16(18)20-3)13(10-19-2)9-14(17-11)12-7-5-4-6-8-12/h4-9H,10H2,1-3H3. The number of aromatic nitrogens is 1. The Bertz CT molecular complexity index is 609. The van der Waals surface area contributed by atoms with Gasteiger partial charge in [0.15, 0.2) is 0 Å². The summed E-state index contributed by atoms with van der Waals surface area (Å²) < 4.78 is 9.99. The van der Waals surface area contributed by atoms with Crippen LogP contribution in [0.2, 0.25) is 0 Å². The van der Waals surface area contributed by atoms with Crippen LogP contribution in [-0.4, -0.2) is 25.2 Å². The lowest BCUT2D eigenvalue weighted by molar-refractivity contribution is 0.0594. The third kappa shape index (κ3) is 2.86. The predicted octanol–water partition coefficient (Wildman–Crippen LogP) is 2.99. The predicted molar refractivity (Wildman–Crippen MR) is 76.5 cm³/mol. The maximum Gasteiger partial charge on any atom is 0.340 e. The monoisotopic (exact) mass is 271 g/mol. The van der Waals surface area contributed by atoms with E-state index in [1.165, 1.54) is 7.11 Å². The minimum Gasteiger partial charge on any atom is -0.465 e. The summed E-state index contributed by atoms with van der Waals surface area (Å²) in [6.45, 7) is 2.14. The summed E-state index contributed by atoms with van der Waals surface area (Å²) in [6.07, 6.45) is 0. The number of aryl methyl sites for hydroxylation is 1. The van der Waals surface area contributed by atoms with Crippen molar-refractivity contribution in [1.82, 2.24) is 4.98 Å². The topological polar surface area (TPSA) is 48.4 Å². The Hall–Kier alpha value is -2.20. The number of ether oxygens (including phenoxy) is 2. The number of benzene rings is 1. The molecule has 0 aliphatic rings. The number of hydrogen-bond acceptors (Lipinski definition) is 4. The fourth-order valence-electron chi connectivity index (χ4n) is 2.15. The van der Waals surface area contributed by atoms with Crippen LogP contribution in [0.15, 0.2) is 36.4 Å². The minimum absolute atomic E-state index is 0.341. The first kappa shape index (κ1) is 14.2. The van der Waals surface area contributed by atoms with Gasteiger partial charge in [0.1, 0.15) is 0 Å². The van der Waals surface area contributed by atoms with E-state index in [4.69, 9.17) is 9.47 Å². The Morgan fingerprint density at radius 1 is 1.20 bits per heavy atom. The molecule has 0 atom stereocenters. The van der Waals surface area contributed by atoms with E-state index in [1.807, 2.05) is 36.4 Å². The molecule has 4 nitrogen and oxygen atoms in total. The summed E-state index contributed by atoms with van der Waals surface area (Å²) in [5.74, 6) is -0.387. The van der Waals surface area contributed by atoms with Gasteiger partial charge < -0.3 is 9.47 Å². The fraction of sp³-hybridized carbons (Fsp3) is 0.250. The summed E-state index contributed by atoms with van der Waals surface area (Å²) in [5, 5.41) is 0. The first-order valence-corrected chi connectivity index (χ1v) is 6.30. The van der Waals surface area contributed by atoms with Gasteiger partial charge in [0.2, 0.25) is 0 Å². The zero-order valence-electron chi connectivity index (χ0n) is 11.8. The molecule has 0 unspecified atom stereocenters. The number of nitrogens with zero attached hydrogens (tertiary/aromatic N) is 1. The summed E-state index contributed by atoms with van der Waals surface area (Å²) in [6, 6.07) is 11.7. The van der Waals surface area contributed by atoms with Crippen molar-refractivity contribution in [3.63, 3.8) is 0 Å². The van der Waals surface area contributed by atoms with Crippen LogP contribution in [0.25, 0.3) is 11.3 Å². The second kappa shape index (κ2) is 6.30. The summed E-state index contributed by atoms with van der Waals surface area (Å²) in [7, 11) is 2.96. The number of hydrogen-bond donors (Lipinski definition) is 0. The van der Waals surface area contributed by atoms with Crippen molar-refractivity contribution < 1.29 is 14.3 Å². The van der Waals surface area contributed by atoms with Gasteiger partial charge in [-0.3, -0.25) is 4.98 Å². The van der Waals surface area contributed by atoms with E-state index in [0.29, 0.717) is 17.9 Å². The van der Waals surface area contributed by atoms with Gasteiger partial charge in [-0.1, -0.05) is 30.3 Å². The van der Waals surface area contributed by atoms with Crippen molar-refractivity contribution in [3.8, 4) is 11.3 Å². The molecule has 0 N–H and O–H groups in total. The first-order valence-electron chi connectivity index (χ1n) is 6.30. The zero-order chi connectivity index (χ0) is 14.5. The Kier molecular flexibility index (Phi) is 4.48. The van der Waals surface area contributed by atoms with Gasteiger partial charge in [0.05, 0.1) is 30.7 Å². The van der Waals surface area contributed by atoms with Crippen LogP contribution in [0.5, 0.6) is 0 Å². The molecule has 0 radical (unpaired) electrons. The van der Waals surface area contributed by atoms with E-state index in [-0.39, 0.29) is 5.97 Å². The quantitative estimate of drug-likeness (QED) is 0.802. The fourth-order valence-corrected chi connectivity index (χ4v) is 2.15. The van der Waals surface area contributed by atoms with Crippen molar-refractivity contribution >= 4 is 5.97 Å². The lowest BCUT2D eigenvalue weighted by atomic mass is 10.0. The second-order valence-corrected chi connectivity index (χ2v) is 4.42. The Balaban J connectivity index is 2.56. The van der Waals surface area contributed by atoms with Gasteiger partial charge in [-0.2, -0.15) is 0 Å². The number of pyridine rings is 1. The van der Waals surface area contributed by atoms with Crippen LogP contribution in [0.4, 0.5) is 0 Å². The molecule has 4 heteroatoms. The van der Waals surface area contributed by atoms with Gasteiger partial charge in [-0.15, -0.1) is 0 Å². The van der Waals surface area contributed by atoms with E-state index >= 15 is 0 Å². The molecule has 0 fully saturated rings. The lowest BCUT2D eigenvalue weighted by Crippen LogP contribution is -2.11. The molecule has 0 saturated heterocycles. The molecule has 1 aromatic carbocycles. The number of rotatable bonds is 4. The highest BCUT2D eigenvalue weighted by Gasteiger charge is 2.18. The normalized spacial score (nSPS) is 10.3. The third-order valence-electron chi connectivity index (χ3n) is 3.04. The summed E-state index contributed by atoms with van der Waals surface area (Å²) in [4.78, 5) is 16.4. The SMILES string of the molecule is COCc1cc(-c2ccccc2)nc(C)c1C(=O)OC. The molecule has 20 heavy (non-hydrogen) atoms. The summed E-state index contributed by atoms with van der Waals surface area (Å²) >= 11 is 0. The van der Waals surface area contributed by atoms with Crippen LogP contribution in [0.1, 0.15) is 21.6 Å². The smallest absolute Gasteiger partial charge is 0.340 e. The average Bonchev–Trinajstić information content (AvgIpc) is 2.47. The molecule has 0 bridgehead atoms. The van der Waals surface area contributed by atoms with E-state index in [1.54, 1.807) is 14.0 Å². The molecule has 1 aromatic heterocycles. The molecule has 0 aliphatic carbocycles. The molecule has 0 amide bonds. The molecule has 0 saturated carbocycles. The average molecular weight is 271 g/mol. The van der Waals surface area contributed by atoms with E-state index < -0.39 is 0 Å². The Labute approximate surface area is 118 Å². The van der Waals surface area contributed by atoms with Crippen LogP contribution in [-0.2, 0) is 16.1 Å². The highest BCUT2D eigenvalue weighted by atomic mass is 16.5. The third-order valence-corrected chi connectivity index (χ3v) is 3.04. The molecule has 0 spiro atoms. The Morgan fingerprint density at radius 3 is 2.50 bits per heavy atom. The summed E-state index contributed by atoms with van der Waals surface area (Å²) in [5.41, 5.74) is 3.73. The van der Waals surface area contributed by atoms with Crippen molar-refractivity contribution in [3.05, 3.63) is 53.2 Å². The molecule has 2 aromatic rings. The maximum absolute atomic E-state index is 11.9. The highest BCUT2D eigenvalue weighted by Crippen LogP contribution is 2.23. The van der Waals surface area contributed by atoms with Gasteiger partial charge >= 0.3 is 5.97 Å². The van der Waals surface area contributed by atoms with Crippen LogP contribution in [0.3, 0.4) is 0 Å². The van der Waals surface area contributed by atoms with Gasteiger partial charge in [0.25, 0.3) is 0 Å². The molecular weight excluding hydrogens is 254 g/mol. The lowest BCUT2D eigenvalue weighted by Gasteiger charge is -2.12. The minimum atomic E-state index is -0.387. The molecular formula is C16H17NO3. The van der Waals surface area contributed by atoms with Crippen LogP contribution < -0.4 is 0 Å². The highest BCUT2D eigenvalue weighted by molar-refractivity contribution is 5.92. The molecule has 0 aliphatic heterocycles. The van der Waals surface area contributed by atoms with E-state index in [0.717, 1.165) is 16.8 Å². The second-order valence-electron chi connectivity index (χ2n) is 4.42.